The predicted octanol–water partition coefficient (Wildman–Crippen LogP) is 1.86. The van der Waals surface area contributed by atoms with Crippen molar-refractivity contribution >= 4 is 23.3 Å². The molecule has 1 aliphatic rings. The Morgan fingerprint density at radius 3 is 2.65 bits per heavy atom. The lowest BCUT2D eigenvalue weighted by atomic mass is 10.3. The summed E-state index contributed by atoms with van der Waals surface area (Å²) in [5.74, 6) is 1.33. The van der Waals surface area contributed by atoms with Gasteiger partial charge in [0, 0.05) is 38.6 Å². The number of anilines is 1. The van der Waals surface area contributed by atoms with Crippen molar-refractivity contribution in [3.8, 4) is 5.75 Å². The standard InChI is InChI=1S/C16H17ClN4O2/c17-13-3-1-2-4-14(13)23-12-16(22)21-9-7-20(8-10-21)15-11-18-5-6-19-15/h1-6,11H,7-10,12H2. The van der Waals surface area contributed by atoms with Crippen LogP contribution in [0.3, 0.4) is 0 Å². The number of hydrogen-bond acceptors (Lipinski definition) is 5. The number of amides is 1. The van der Waals surface area contributed by atoms with Crippen LogP contribution in [0, 0.1) is 0 Å². The Kier molecular flexibility index (Phi) is 4.92. The first-order valence-electron chi connectivity index (χ1n) is 7.40. The molecule has 1 amide bonds. The van der Waals surface area contributed by atoms with E-state index in [2.05, 4.69) is 14.9 Å². The minimum absolute atomic E-state index is 0.00508. The lowest BCUT2D eigenvalue weighted by Gasteiger charge is -2.35. The van der Waals surface area contributed by atoms with Crippen LogP contribution in [-0.4, -0.2) is 53.6 Å². The van der Waals surface area contributed by atoms with E-state index < -0.39 is 0 Å². The topological polar surface area (TPSA) is 58.6 Å². The molecule has 7 heteroatoms. The number of nitrogens with zero attached hydrogens (tertiary/aromatic N) is 4. The number of rotatable bonds is 4. The highest BCUT2D eigenvalue weighted by molar-refractivity contribution is 6.32. The molecule has 1 saturated heterocycles. The molecule has 0 bridgehead atoms. The van der Waals surface area contributed by atoms with Crippen LogP contribution in [0.2, 0.25) is 5.02 Å². The first-order valence-corrected chi connectivity index (χ1v) is 7.78. The molecule has 0 atom stereocenters. The van der Waals surface area contributed by atoms with Gasteiger partial charge < -0.3 is 14.5 Å². The molecule has 3 rings (SSSR count). The third-order valence-corrected chi connectivity index (χ3v) is 4.01. The van der Waals surface area contributed by atoms with E-state index >= 15 is 0 Å². The van der Waals surface area contributed by atoms with Crippen LogP contribution in [0.4, 0.5) is 5.82 Å². The Bertz CT molecular complexity index is 660. The largest absolute Gasteiger partial charge is 0.482 e. The van der Waals surface area contributed by atoms with E-state index in [-0.39, 0.29) is 12.5 Å². The van der Waals surface area contributed by atoms with Crippen LogP contribution in [0.1, 0.15) is 0 Å². The van der Waals surface area contributed by atoms with Gasteiger partial charge in [0.25, 0.3) is 5.91 Å². The normalized spacial score (nSPS) is 14.7. The summed E-state index contributed by atoms with van der Waals surface area (Å²) in [7, 11) is 0. The minimum atomic E-state index is -0.0382. The minimum Gasteiger partial charge on any atom is -0.482 e. The summed E-state index contributed by atoms with van der Waals surface area (Å²) in [6, 6.07) is 7.14. The van der Waals surface area contributed by atoms with Crippen LogP contribution in [0.5, 0.6) is 5.75 Å². The van der Waals surface area contributed by atoms with Crippen LogP contribution in [0.25, 0.3) is 0 Å². The molecular formula is C16H17ClN4O2. The highest BCUT2D eigenvalue weighted by Gasteiger charge is 2.22. The van der Waals surface area contributed by atoms with Gasteiger partial charge >= 0.3 is 0 Å². The van der Waals surface area contributed by atoms with Crippen molar-refractivity contribution in [1.82, 2.24) is 14.9 Å². The van der Waals surface area contributed by atoms with Gasteiger partial charge in [-0.1, -0.05) is 23.7 Å². The van der Waals surface area contributed by atoms with Gasteiger partial charge in [0.05, 0.1) is 11.2 Å². The average molecular weight is 333 g/mol. The number of hydrogen-bond donors (Lipinski definition) is 0. The number of ether oxygens (including phenoxy) is 1. The zero-order valence-electron chi connectivity index (χ0n) is 12.6. The number of halogens is 1. The molecule has 23 heavy (non-hydrogen) atoms. The summed E-state index contributed by atoms with van der Waals surface area (Å²) < 4.78 is 5.50. The molecule has 1 fully saturated rings. The van der Waals surface area contributed by atoms with Gasteiger partial charge in [-0.3, -0.25) is 9.78 Å². The second-order valence-corrected chi connectivity index (χ2v) is 5.56. The zero-order valence-corrected chi connectivity index (χ0v) is 13.3. The van der Waals surface area contributed by atoms with E-state index in [1.54, 1.807) is 35.6 Å². The lowest BCUT2D eigenvalue weighted by Crippen LogP contribution is -2.50. The lowest BCUT2D eigenvalue weighted by molar-refractivity contribution is -0.133. The Morgan fingerprint density at radius 2 is 1.96 bits per heavy atom. The second-order valence-electron chi connectivity index (χ2n) is 5.15. The summed E-state index contributed by atoms with van der Waals surface area (Å²) in [6.45, 7) is 2.74. The molecule has 120 valence electrons. The van der Waals surface area contributed by atoms with Gasteiger partial charge in [-0.15, -0.1) is 0 Å². The Morgan fingerprint density at radius 1 is 1.17 bits per heavy atom. The van der Waals surface area contributed by atoms with Gasteiger partial charge in [0.2, 0.25) is 0 Å². The molecule has 0 saturated carbocycles. The van der Waals surface area contributed by atoms with Gasteiger partial charge in [-0.05, 0) is 12.1 Å². The van der Waals surface area contributed by atoms with Crippen molar-refractivity contribution in [2.45, 2.75) is 0 Å². The Hall–Kier alpha value is -2.34. The van der Waals surface area contributed by atoms with E-state index in [4.69, 9.17) is 16.3 Å². The van der Waals surface area contributed by atoms with Crippen molar-refractivity contribution in [3.05, 3.63) is 47.9 Å². The van der Waals surface area contributed by atoms with E-state index in [0.717, 1.165) is 18.9 Å². The summed E-state index contributed by atoms with van der Waals surface area (Å²) in [4.78, 5) is 24.5. The molecule has 2 aromatic rings. The molecule has 0 N–H and O–H groups in total. The first-order chi connectivity index (χ1) is 11.2. The molecule has 0 spiro atoms. The van der Waals surface area contributed by atoms with Crippen molar-refractivity contribution in [3.63, 3.8) is 0 Å². The van der Waals surface area contributed by atoms with E-state index in [1.807, 2.05) is 12.1 Å². The fraction of sp³-hybridized carbons (Fsp3) is 0.312. The number of para-hydroxylation sites is 1. The Balaban J connectivity index is 1.50. The third-order valence-electron chi connectivity index (χ3n) is 3.69. The monoisotopic (exact) mass is 332 g/mol. The molecular weight excluding hydrogens is 316 g/mol. The predicted molar refractivity (Wildman–Crippen MR) is 87.8 cm³/mol. The number of piperazine rings is 1. The number of carbonyl (C=O) groups excluding carboxylic acids is 1. The first kappa shape index (κ1) is 15.6. The highest BCUT2D eigenvalue weighted by Crippen LogP contribution is 2.23. The van der Waals surface area contributed by atoms with Crippen molar-refractivity contribution < 1.29 is 9.53 Å². The fourth-order valence-electron chi connectivity index (χ4n) is 2.43. The van der Waals surface area contributed by atoms with Crippen molar-refractivity contribution in [2.24, 2.45) is 0 Å². The quantitative estimate of drug-likeness (QED) is 0.855. The molecule has 1 aromatic heterocycles. The summed E-state index contributed by atoms with van der Waals surface area (Å²) in [5, 5.41) is 0.507. The van der Waals surface area contributed by atoms with Crippen LogP contribution in [0.15, 0.2) is 42.9 Å². The van der Waals surface area contributed by atoms with E-state index in [9.17, 15) is 4.79 Å². The molecule has 0 aliphatic carbocycles. The SMILES string of the molecule is O=C(COc1ccccc1Cl)N1CCN(c2cnccn2)CC1. The molecule has 2 heterocycles. The van der Waals surface area contributed by atoms with Crippen molar-refractivity contribution in [2.75, 3.05) is 37.7 Å². The van der Waals surface area contributed by atoms with Crippen molar-refractivity contribution in [1.29, 1.82) is 0 Å². The van der Waals surface area contributed by atoms with Gasteiger partial charge in [0.15, 0.2) is 6.61 Å². The second kappa shape index (κ2) is 7.28. The van der Waals surface area contributed by atoms with Crippen LogP contribution < -0.4 is 9.64 Å². The highest BCUT2D eigenvalue weighted by atomic mass is 35.5. The summed E-state index contributed by atoms with van der Waals surface area (Å²) in [5.41, 5.74) is 0. The maximum Gasteiger partial charge on any atom is 0.260 e. The average Bonchev–Trinajstić information content (AvgIpc) is 2.62. The number of carbonyl (C=O) groups is 1. The van der Waals surface area contributed by atoms with Gasteiger partial charge in [-0.25, -0.2) is 4.98 Å². The number of benzene rings is 1. The molecule has 0 unspecified atom stereocenters. The Labute approximate surface area is 139 Å². The summed E-state index contributed by atoms with van der Waals surface area (Å²) >= 11 is 6.01. The van der Waals surface area contributed by atoms with Crippen LogP contribution in [-0.2, 0) is 4.79 Å². The molecule has 0 radical (unpaired) electrons. The third kappa shape index (κ3) is 3.90. The zero-order chi connectivity index (χ0) is 16.1. The van der Waals surface area contributed by atoms with Gasteiger partial charge in [-0.2, -0.15) is 0 Å². The van der Waals surface area contributed by atoms with E-state index in [0.29, 0.717) is 23.9 Å². The molecule has 1 aliphatic heterocycles. The van der Waals surface area contributed by atoms with Crippen LogP contribution >= 0.6 is 11.6 Å². The maximum atomic E-state index is 12.2. The number of aromatic nitrogens is 2. The molecule has 1 aromatic carbocycles. The fourth-order valence-corrected chi connectivity index (χ4v) is 2.62. The smallest absolute Gasteiger partial charge is 0.260 e. The summed E-state index contributed by atoms with van der Waals surface area (Å²) in [6.07, 6.45) is 5.05. The van der Waals surface area contributed by atoms with E-state index in [1.165, 1.54) is 0 Å². The molecule has 6 nitrogen and oxygen atoms in total. The maximum absolute atomic E-state index is 12.2. The van der Waals surface area contributed by atoms with Gasteiger partial charge in [0.1, 0.15) is 11.6 Å².